The Labute approximate surface area is 102 Å². The van der Waals surface area contributed by atoms with Gasteiger partial charge in [-0.05, 0) is 30.3 Å². The maximum atomic E-state index is 11.8. The molecule has 1 saturated heterocycles. The standard InChI is InChI=1S/C12H21NO2S/c1-12(2)8-10(14)13(11(15)9-12)6-4-5-7-16-3/h4-9H2,1-3H3. The predicted octanol–water partition coefficient (Wildman–Crippen LogP) is 2.30. The molecular formula is C12H21NO2S. The van der Waals surface area contributed by atoms with Crippen LogP contribution in [0.4, 0.5) is 0 Å². The minimum absolute atomic E-state index is 0.00500. The van der Waals surface area contributed by atoms with Gasteiger partial charge in [-0.1, -0.05) is 13.8 Å². The fraction of sp³-hybridized carbons (Fsp3) is 0.833. The third-order valence-corrected chi connectivity index (χ3v) is 3.54. The molecular weight excluding hydrogens is 222 g/mol. The maximum absolute atomic E-state index is 11.8. The summed E-state index contributed by atoms with van der Waals surface area (Å²) in [7, 11) is 0. The average molecular weight is 243 g/mol. The number of thioether (sulfide) groups is 1. The van der Waals surface area contributed by atoms with Crippen molar-refractivity contribution in [3.63, 3.8) is 0 Å². The number of imide groups is 1. The van der Waals surface area contributed by atoms with Crippen LogP contribution < -0.4 is 0 Å². The van der Waals surface area contributed by atoms with Gasteiger partial charge >= 0.3 is 0 Å². The second-order valence-electron chi connectivity index (χ2n) is 5.16. The maximum Gasteiger partial charge on any atom is 0.229 e. The normalized spacial score (nSPS) is 20.3. The zero-order valence-electron chi connectivity index (χ0n) is 10.4. The molecule has 1 aliphatic heterocycles. The summed E-state index contributed by atoms with van der Waals surface area (Å²) in [6.45, 7) is 4.57. The molecule has 92 valence electrons. The van der Waals surface area contributed by atoms with E-state index in [9.17, 15) is 9.59 Å². The van der Waals surface area contributed by atoms with Crippen molar-refractivity contribution < 1.29 is 9.59 Å². The van der Waals surface area contributed by atoms with Crippen LogP contribution in [-0.2, 0) is 9.59 Å². The largest absolute Gasteiger partial charge is 0.283 e. The van der Waals surface area contributed by atoms with Gasteiger partial charge in [0, 0.05) is 19.4 Å². The molecule has 0 aromatic carbocycles. The number of carbonyl (C=O) groups is 2. The van der Waals surface area contributed by atoms with Crippen LogP contribution in [0, 0.1) is 5.41 Å². The molecule has 0 spiro atoms. The van der Waals surface area contributed by atoms with Crippen LogP contribution in [0.5, 0.6) is 0 Å². The molecule has 16 heavy (non-hydrogen) atoms. The van der Waals surface area contributed by atoms with Gasteiger partial charge in [-0.15, -0.1) is 0 Å². The molecule has 1 fully saturated rings. The Morgan fingerprint density at radius 2 is 1.75 bits per heavy atom. The molecule has 0 atom stereocenters. The van der Waals surface area contributed by atoms with Gasteiger partial charge in [0.1, 0.15) is 0 Å². The van der Waals surface area contributed by atoms with Crippen LogP contribution in [0.25, 0.3) is 0 Å². The number of hydrogen-bond donors (Lipinski definition) is 0. The van der Waals surface area contributed by atoms with Crippen LogP contribution >= 0.6 is 11.8 Å². The number of rotatable bonds is 5. The summed E-state index contributed by atoms with van der Waals surface area (Å²) in [5, 5.41) is 0. The molecule has 0 bridgehead atoms. The number of likely N-dealkylation sites (tertiary alicyclic amines) is 1. The summed E-state index contributed by atoms with van der Waals surface area (Å²) in [6.07, 6.45) is 5.07. The molecule has 3 nitrogen and oxygen atoms in total. The predicted molar refractivity (Wildman–Crippen MR) is 67.4 cm³/mol. The van der Waals surface area contributed by atoms with Crippen LogP contribution in [-0.4, -0.2) is 35.3 Å². The van der Waals surface area contributed by atoms with E-state index in [1.165, 1.54) is 4.90 Å². The third kappa shape index (κ3) is 3.81. The number of carbonyl (C=O) groups excluding carboxylic acids is 2. The lowest BCUT2D eigenvalue weighted by atomic mass is 9.82. The van der Waals surface area contributed by atoms with Gasteiger partial charge in [-0.2, -0.15) is 11.8 Å². The Morgan fingerprint density at radius 3 is 2.25 bits per heavy atom. The van der Waals surface area contributed by atoms with Gasteiger partial charge < -0.3 is 0 Å². The Bertz CT molecular complexity index is 256. The van der Waals surface area contributed by atoms with Gasteiger partial charge in [0.2, 0.25) is 11.8 Å². The minimum atomic E-state index is -0.149. The monoisotopic (exact) mass is 243 g/mol. The number of hydrogen-bond acceptors (Lipinski definition) is 3. The number of nitrogens with zero attached hydrogens (tertiary/aromatic N) is 1. The summed E-state index contributed by atoms with van der Waals surface area (Å²) >= 11 is 1.80. The van der Waals surface area contributed by atoms with E-state index >= 15 is 0 Å². The lowest BCUT2D eigenvalue weighted by molar-refractivity contribution is -0.152. The molecule has 0 saturated carbocycles. The highest BCUT2D eigenvalue weighted by Crippen LogP contribution is 2.31. The second-order valence-corrected chi connectivity index (χ2v) is 6.14. The molecule has 1 rings (SSSR count). The lowest BCUT2D eigenvalue weighted by Crippen LogP contribution is -2.46. The molecule has 0 aromatic rings. The van der Waals surface area contributed by atoms with Crippen molar-refractivity contribution in [2.75, 3.05) is 18.6 Å². The fourth-order valence-corrected chi connectivity index (χ4v) is 2.47. The van der Waals surface area contributed by atoms with Gasteiger partial charge in [0.25, 0.3) is 0 Å². The summed E-state index contributed by atoms with van der Waals surface area (Å²) < 4.78 is 0. The van der Waals surface area contributed by atoms with E-state index in [0.717, 1.165) is 18.6 Å². The average Bonchev–Trinajstić information content (AvgIpc) is 2.13. The van der Waals surface area contributed by atoms with Crippen molar-refractivity contribution in [1.29, 1.82) is 0 Å². The quantitative estimate of drug-likeness (QED) is 0.549. The molecule has 4 heteroatoms. The van der Waals surface area contributed by atoms with Crippen LogP contribution in [0.1, 0.15) is 39.5 Å². The highest BCUT2D eigenvalue weighted by molar-refractivity contribution is 7.98. The summed E-state index contributed by atoms with van der Waals surface area (Å²) in [6, 6.07) is 0. The Morgan fingerprint density at radius 1 is 1.19 bits per heavy atom. The van der Waals surface area contributed by atoms with Crippen molar-refractivity contribution in [2.24, 2.45) is 5.41 Å². The van der Waals surface area contributed by atoms with E-state index in [2.05, 4.69) is 6.26 Å². The first kappa shape index (κ1) is 13.6. The molecule has 1 aliphatic rings. The zero-order chi connectivity index (χ0) is 12.2. The first-order valence-electron chi connectivity index (χ1n) is 5.78. The minimum Gasteiger partial charge on any atom is -0.283 e. The molecule has 0 N–H and O–H groups in total. The summed E-state index contributed by atoms with van der Waals surface area (Å²) in [5.41, 5.74) is -0.149. The van der Waals surface area contributed by atoms with Crippen LogP contribution in [0.2, 0.25) is 0 Å². The highest BCUT2D eigenvalue weighted by atomic mass is 32.2. The van der Waals surface area contributed by atoms with E-state index < -0.39 is 0 Å². The number of unbranched alkanes of at least 4 members (excludes halogenated alkanes) is 1. The van der Waals surface area contributed by atoms with Gasteiger partial charge in [0.05, 0.1) is 0 Å². The lowest BCUT2D eigenvalue weighted by Gasteiger charge is -2.34. The number of amides is 2. The van der Waals surface area contributed by atoms with Crippen LogP contribution in [0.15, 0.2) is 0 Å². The van der Waals surface area contributed by atoms with E-state index in [4.69, 9.17) is 0 Å². The van der Waals surface area contributed by atoms with Crippen molar-refractivity contribution >= 4 is 23.6 Å². The molecule has 0 radical (unpaired) electrons. The first-order valence-corrected chi connectivity index (χ1v) is 7.18. The van der Waals surface area contributed by atoms with Gasteiger partial charge in [-0.25, -0.2) is 0 Å². The molecule has 1 heterocycles. The Hall–Kier alpha value is -0.510. The molecule has 0 aromatic heterocycles. The third-order valence-electron chi connectivity index (χ3n) is 2.84. The molecule has 0 unspecified atom stereocenters. The molecule has 0 aliphatic carbocycles. The SMILES string of the molecule is CSCCCCN1C(=O)CC(C)(C)CC1=O. The summed E-state index contributed by atoms with van der Waals surface area (Å²) in [5.74, 6) is 1.11. The van der Waals surface area contributed by atoms with E-state index in [-0.39, 0.29) is 17.2 Å². The Balaban J connectivity index is 2.42. The fourth-order valence-electron chi connectivity index (χ4n) is 1.98. The Kier molecular flexibility index (Phi) is 4.84. The van der Waals surface area contributed by atoms with Crippen molar-refractivity contribution in [1.82, 2.24) is 4.90 Å². The van der Waals surface area contributed by atoms with Crippen molar-refractivity contribution in [3.05, 3.63) is 0 Å². The smallest absolute Gasteiger partial charge is 0.229 e. The highest BCUT2D eigenvalue weighted by Gasteiger charge is 2.36. The second kappa shape index (κ2) is 5.71. The van der Waals surface area contributed by atoms with E-state index in [0.29, 0.717) is 19.4 Å². The topological polar surface area (TPSA) is 37.4 Å². The first-order chi connectivity index (χ1) is 7.46. The number of piperidine rings is 1. The van der Waals surface area contributed by atoms with Crippen LogP contribution in [0.3, 0.4) is 0 Å². The van der Waals surface area contributed by atoms with E-state index in [1.807, 2.05) is 13.8 Å². The van der Waals surface area contributed by atoms with Gasteiger partial charge in [-0.3, -0.25) is 14.5 Å². The molecule has 2 amide bonds. The van der Waals surface area contributed by atoms with E-state index in [1.54, 1.807) is 11.8 Å². The van der Waals surface area contributed by atoms with Crippen molar-refractivity contribution in [3.8, 4) is 0 Å². The van der Waals surface area contributed by atoms with Gasteiger partial charge in [0.15, 0.2) is 0 Å². The zero-order valence-corrected chi connectivity index (χ0v) is 11.2. The summed E-state index contributed by atoms with van der Waals surface area (Å²) in [4.78, 5) is 25.0. The van der Waals surface area contributed by atoms with Crippen molar-refractivity contribution in [2.45, 2.75) is 39.5 Å².